The van der Waals surface area contributed by atoms with Crippen molar-refractivity contribution in [3.05, 3.63) is 0 Å². The van der Waals surface area contributed by atoms with Crippen LogP contribution in [0.4, 0.5) is 4.79 Å². The van der Waals surface area contributed by atoms with E-state index in [0.29, 0.717) is 30.7 Å². The predicted octanol–water partition coefficient (Wildman–Crippen LogP) is 3.23. The summed E-state index contributed by atoms with van der Waals surface area (Å²) in [5.41, 5.74) is -0.436. The number of carbonyl (C=O) groups excluding carboxylic acids is 1. The third-order valence-corrected chi connectivity index (χ3v) is 4.84. The van der Waals surface area contributed by atoms with E-state index in [-0.39, 0.29) is 6.09 Å². The highest BCUT2D eigenvalue weighted by atomic mass is 16.6. The first kappa shape index (κ1) is 18.5. The fourth-order valence-electron chi connectivity index (χ4n) is 3.65. The summed E-state index contributed by atoms with van der Waals surface area (Å²) in [5, 5.41) is 6.77. The Bertz CT molecular complexity index is 381. The van der Waals surface area contributed by atoms with Crippen LogP contribution in [0.1, 0.15) is 66.2 Å². The molecule has 1 saturated carbocycles. The second-order valence-electron chi connectivity index (χ2n) is 7.97. The van der Waals surface area contributed by atoms with E-state index in [1.807, 2.05) is 20.8 Å². The molecular formula is C18H34N2O3. The molecule has 5 nitrogen and oxygen atoms in total. The zero-order chi connectivity index (χ0) is 16.9. The summed E-state index contributed by atoms with van der Waals surface area (Å²) in [6, 6.07) is 1.06. The van der Waals surface area contributed by atoms with Crippen LogP contribution in [-0.2, 0) is 9.47 Å². The molecule has 1 heterocycles. The topological polar surface area (TPSA) is 59.6 Å². The Morgan fingerprint density at radius 2 is 2.04 bits per heavy atom. The van der Waals surface area contributed by atoms with E-state index < -0.39 is 5.60 Å². The van der Waals surface area contributed by atoms with Gasteiger partial charge in [0.2, 0.25) is 0 Å². The molecule has 1 aliphatic heterocycles. The van der Waals surface area contributed by atoms with E-state index in [4.69, 9.17) is 9.47 Å². The van der Waals surface area contributed by atoms with Crippen molar-refractivity contribution < 1.29 is 14.3 Å². The van der Waals surface area contributed by atoms with E-state index >= 15 is 0 Å². The molecule has 2 fully saturated rings. The van der Waals surface area contributed by atoms with Gasteiger partial charge in [-0.25, -0.2) is 4.79 Å². The number of rotatable bonds is 5. The maximum absolute atomic E-state index is 11.8. The standard InChI is InChI=1S/C18H34N2O3/c1-5-15-11-14(9-10-22-15)20-16-8-6-7-13(16)12-19-17(21)23-18(2,3)4/h13-16,20H,5-12H2,1-4H3,(H,19,21). The molecule has 0 bridgehead atoms. The number of alkyl carbamates (subject to hydrolysis) is 1. The van der Waals surface area contributed by atoms with Gasteiger partial charge in [-0.2, -0.15) is 0 Å². The second kappa shape index (κ2) is 8.34. The van der Waals surface area contributed by atoms with Crippen LogP contribution in [0.5, 0.6) is 0 Å². The lowest BCUT2D eigenvalue weighted by molar-refractivity contribution is -0.00276. The van der Waals surface area contributed by atoms with E-state index in [1.165, 1.54) is 19.3 Å². The third kappa shape index (κ3) is 6.30. The Labute approximate surface area is 140 Å². The fraction of sp³-hybridized carbons (Fsp3) is 0.944. The molecule has 1 saturated heterocycles. The van der Waals surface area contributed by atoms with Crippen LogP contribution in [0.15, 0.2) is 0 Å². The van der Waals surface area contributed by atoms with Gasteiger partial charge in [0.25, 0.3) is 0 Å². The minimum atomic E-state index is -0.436. The number of carbonyl (C=O) groups is 1. The molecule has 23 heavy (non-hydrogen) atoms. The quantitative estimate of drug-likeness (QED) is 0.814. The highest BCUT2D eigenvalue weighted by molar-refractivity contribution is 5.67. The van der Waals surface area contributed by atoms with Crippen molar-refractivity contribution in [1.82, 2.24) is 10.6 Å². The van der Waals surface area contributed by atoms with Crippen molar-refractivity contribution in [1.29, 1.82) is 0 Å². The van der Waals surface area contributed by atoms with Crippen LogP contribution in [0, 0.1) is 5.92 Å². The molecule has 0 aromatic rings. The molecule has 4 unspecified atom stereocenters. The van der Waals surface area contributed by atoms with Gasteiger partial charge < -0.3 is 20.1 Å². The SMILES string of the molecule is CCC1CC(NC2CCCC2CNC(=O)OC(C)(C)C)CCO1. The molecule has 0 aromatic carbocycles. The van der Waals surface area contributed by atoms with E-state index in [0.717, 1.165) is 25.9 Å². The van der Waals surface area contributed by atoms with Gasteiger partial charge in [-0.15, -0.1) is 0 Å². The van der Waals surface area contributed by atoms with Gasteiger partial charge in [-0.1, -0.05) is 13.3 Å². The van der Waals surface area contributed by atoms with Crippen LogP contribution in [0.2, 0.25) is 0 Å². The van der Waals surface area contributed by atoms with Crippen molar-refractivity contribution >= 4 is 6.09 Å². The average molecular weight is 326 g/mol. The van der Waals surface area contributed by atoms with Gasteiger partial charge in [0.15, 0.2) is 0 Å². The third-order valence-electron chi connectivity index (χ3n) is 4.84. The van der Waals surface area contributed by atoms with E-state index in [1.54, 1.807) is 0 Å². The summed E-state index contributed by atoms with van der Waals surface area (Å²) in [7, 11) is 0. The van der Waals surface area contributed by atoms with Crippen molar-refractivity contribution in [2.24, 2.45) is 5.92 Å². The van der Waals surface area contributed by atoms with Crippen molar-refractivity contribution in [2.45, 2.75) is 90.0 Å². The monoisotopic (exact) mass is 326 g/mol. The summed E-state index contributed by atoms with van der Waals surface area (Å²) in [6.45, 7) is 9.43. The van der Waals surface area contributed by atoms with Gasteiger partial charge in [0, 0.05) is 25.2 Å². The van der Waals surface area contributed by atoms with Gasteiger partial charge in [0.1, 0.15) is 5.60 Å². The lowest BCUT2D eigenvalue weighted by Gasteiger charge is -2.33. The number of hydrogen-bond acceptors (Lipinski definition) is 4. The normalized spacial score (nSPS) is 31.8. The Kier molecular flexibility index (Phi) is 6.72. The van der Waals surface area contributed by atoms with Crippen molar-refractivity contribution in [3.8, 4) is 0 Å². The first-order valence-electron chi connectivity index (χ1n) is 9.22. The van der Waals surface area contributed by atoms with Gasteiger partial charge in [0.05, 0.1) is 6.10 Å². The van der Waals surface area contributed by atoms with E-state index in [2.05, 4.69) is 17.6 Å². The average Bonchev–Trinajstić information content (AvgIpc) is 2.91. The Balaban J connectivity index is 1.75. The molecule has 2 aliphatic rings. The molecule has 2 rings (SSSR count). The maximum Gasteiger partial charge on any atom is 0.407 e. The molecule has 0 spiro atoms. The minimum Gasteiger partial charge on any atom is -0.444 e. The zero-order valence-electron chi connectivity index (χ0n) is 15.2. The highest BCUT2D eigenvalue weighted by Crippen LogP contribution is 2.27. The summed E-state index contributed by atoms with van der Waals surface area (Å²) in [4.78, 5) is 11.8. The van der Waals surface area contributed by atoms with Gasteiger partial charge >= 0.3 is 6.09 Å². The number of ether oxygens (including phenoxy) is 2. The van der Waals surface area contributed by atoms with Crippen LogP contribution >= 0.6 is 0 Å². The summed E-state index contributed by atoms with van der Waals surface area (Å²) < 4.78 is 11.1. The Hall–Kier alpha value is -0.810. The van der Waals surface area contributed by atoms with Crippen LogP contribution < -0.4 is 10.6 Å². The molecule has 1 amide bonds. The molecule has 1 aliphatic carbocycles. The number of nitrogens with one attached hydrogen (secondary N) is 2. The molecule has 2 N–H and O–H groups in total. The number of hydrogen-bond donors (Lipinski definition) is 2. The van der Waals surface area contributed by atoms with Gasteiger partial charge in [-0.3, -0.25) is 0 Å². The minimum absolute atomic E-state index is 0.305. The largest absolute Gasteiger partial charge is 0.444 e. The fourth-order valence-corrected chi connectivity index (χ4v) is 3.65. The van der Waals surface area contributed by atoms with Crippen LogP contribution in [0.3, 0.4) is 0 Å². The predicted molar refractivity (Wildman–Crippen MR) is 91.6 cm³/mol. The Morgan fingerprint density at radius 1 is 1.26 bits per heavy atom. The first-order valence-corrected chi connectivity index (χ1v) is 9.22. The second-order valence-corrected chi connectivity index (χ2v) is 7.97. The van der Waals surface area contributed by atoms with Crippen molar-refractivity contribution in [3.63, 3.8) is 0 Å². The molecule has 4 atom stereocenters. The zero-order valence-corrected chi connectivity index (χ0v) is 15.2. The van der Waals surface area contributed by atoms with E-state index in [9.17, 15) is 4.79 Å². The summed E-state index contributed by atoms with van der Waals surface area (Å²) in [6.07, 6.45) is 7.01. The summed E-state index contributed by atoms with van der Waals surface area (Å²) in [5.74, 6) is 0.505. The van der Waals surface area contributed by atoms with Crippen LogP contribution in [-0.4, -0.2) is 43.0 Å². The Morgan fingerprint density at radius 3 is 2.74 bits per heavy atom. The van der Waals surface area contributed by atoms with Crippen LogP contribution in [0.25, 0.3) is 0 Å². The number of amides is 1. The molecule has 5 heteroatoms. The summed E-state index contributed by atoms with van der Waals surface area (Å²) >= 11 is 0. The molecule has 134 valence electrons. The molecule has 0 radical (unpaired) electrons. The van der Waals surface area contributed by atoms with Gasteiger partial charge in [-0.05, 0) is 58.8 Å². The smallest absolute Gasteiger partial charge is 0.407 e. The maximum atomic E-state index is 11.8. The molecular weight excluding hydrogens is 292 g/mol. The lowest BCUT2D eigenvalue weighted by Crippen LogP contribution is -2.47. The first-order chi connectivity index (χ1) is 10.9. The molecule has 0 aromatic heterocycles. The lowest BCUT2D eigenvalue weighted by atomic mass is 9.97. The van der Waals surface area contributed by atoms with Crippen molar-refractivity contribution in [2.75, 3.05) is 13.2 Å². The highest BCUT2D eigenvalue weighted by Gasteiger charge is 2.31.